The van der Waals surface area contributed by atoms with Gasteiger partial charge in [0.1, 0.15) is 6.10 Å². The predicted octanol–water partition coefficient (Wildman–Crippen LogP) is 0.542. The van der Waals surface area contributed by atoms with E-state index in [4.69, 9.17) is 5.11 Å². The molecule has 1 unspecified atom stereocenters. The Labute approximate surface area is 99.1 Å². The van der Waals surface area contributed by atoms with Crippen LogP contribution in [0.2, 0.25) is 0 Å². The average Bonchev–Trinajstić information content (AvgIpc) is 2.56. The number of ether oxygens (including phenoxy) is 1. The monoisotopic (exact) mass is 246 g/mol. The summed E-state index contributed by atoms with van der Waals surface area (Å²) in [5.74, 6) is -2.72. The van der Waals surface area contributed by atoms with E-state index in [1.807, 2.05) is 6.92 Å². The van der Waals surface area contributed by atoms with Crippen LogP contribution in [0, 0.1) is 0 Å². The Morgan fingerprint density at radius 2 is 1.94 bits per heavy atom. The molecule has 17 heavy (non-hydrogen) atoms. The number of hydrogen-bond donors (Lipinski definition) is 4. The molecule has 0 amide bonds. The molecule has 0 aromatic carbocycles. The van der Waals surface area contributed by atoms with Gasteiger partial charge in [0, 0.05) is 0 Å². The van der Waals surface area contributed by atoms with Crippen molar-refractivity contribution < 1.29 is 30.0 Å². The van der Waals surface area contributed by atoms with Crippen LogP contribution >= 0.6 is 0 Å². The minimum atomic E-state index is -1.43. The summed E-state index contributed by atoms with van der Waals surface area (Å²) >= 11 is 0. The molecule has 0 saturated heterocycles. The number of aliphatic hydroxyl groups is 4. The quantitative estimate of drug-likeness (QED) is 0.402. The fraction of sp³-hybridized carbons (Fsp3) is 0.727. The van der Waals surface area contributed by atoms with Crippen LogP contribution in [0.1, 0.15) is 32.6 Å². The van der Waals surface area contributed by atoms with Crippen molar-refractivity contribution in [3.05, 3.63) is 11.5 Å². The van der Waals surface area contributed by atoms with Crippen LogP contribution in [-0.2, 0) is 9.53 Å². The Hall–Kier alpha value is -1.27. The van der Waals surface area contributed by atoms with E-state index in [2.05, 4.69) is 4.74 Å². The molecule has 0 aromatic heterocycles. The van der Waals surface area contributed by atoms with Crippen LogP contribution in [0.4, 0.5) is 0 Å². The summed E-state index contributed by atoms with van der Waals surface area (Å²) in [6.45, 7) is 2.01. The highest BCUT2D eigenvalue weighted by Gasteiger charge is 2.41. The molecule has 0 radical (unpaired) electrons. The first-order valence-electron chi connectivity index (χ1n) is 5.68. The molecular formula is C11H18O6. The smallest absolute Gasteiger partial charge is 0.377 e. The predicted molar refractivity (Wildman–Crippen MR) is 58.3 cm³/mol. The zero-order chi connectivity index (χ0) is 13.0. The summed E-state index contributed by atoms with van der Waals surface area (Å²) in [6, 6.07) is 0. The fourth-order valence-corrected chi connectivity index (χ4v) is 1.67. The number of esters is 1. The molecule has 1 aliphatic rings. The topological polar surface area (TPSA) is 107 Å². The first-order valence-corrected chi connectivity index (χ1v) is 5.68. The molecule has 6 nitrogen and oxygen atoms in total. The Balaban J connectivity index is 2.53. The van der Waals surface area contributed by atoms with Crippen LogP contribution < -0.4 is 0 Å². The van der Waals surface area contributed by atoms with Gasteiger partial charge in [-0.25, -0.2) is 4.79 Å². The molecule has 0 spiro atoms. The molecule has 0 aliphatic carbocycles. The van der Waals surface area contributed by atoms with E-state index in [0.717, 1.165) is 19.3 Å². The maximum absolute atomic E-state index is 10.9. The van der Waals surface area contributed by atoms with Crippen molar-refractivity contribution in [1.82, 2.24) is 0 Å². The lowest BCUT2D eigenvalue weighted by Crippen LogP contribution is -2.39. The molecule has 3 atom stereocenters. The number of cyclic esters (lactones) is 1. The van der Waals surface area contributed by atoms with Crippen molar-refractivity contribution in [2.45, 2.75) is 50.9 Å². The van der Waals surface area contributed by atoms with Gasteiger partial charge in [-0.2, -0.15) is 0 Å². The van der Waals surface area contributed by atoms with Crippen LogP contribution in [0.25, 0.3) is 0 Å². The van der Waals surface area contributed by atoms with Gasteiger partial charge >= 0.3 is 5.97 Å². The van der Waals surface area contributed by atoms with Gasteiger partial charge in [-0.05, 0) is 6.42 Å². The lowest BCUT2D eigenvalue weighted by atomic mass is 10.0. The molecule has 6 heteroatoms. The van der Waals surface area contributed by atoms with Crippen molar-refractivity contribution in [2.75, 3.05) is 0 Å². The second-order valence-electron chi connectivity index (χ2n) is 4.11. The van der Waals surface area contributed by atoms with Gasteiger partial charge in [-0.1, -0.05) is 26.2 Å². The third kappa shape index (κ3) is 3.10. The molecule has 1 heterocycles. The molecule has 1 aliphatic heterocycles. The van der Waals surface area contributed by atoms with E-state index in [9.17, 15) is 20.1 Å². The van der Waals surface area contributed by atoms with E-state index in [-0.39, 0.29) is 0 Å². The molecule has 0 fully saturated rings. The highest BCUT2D eigenvalue weighted by atomic mass is 16.6. The standard InChI is InChI=1S/C11H18O6/c1-2-3-4-5-6(12)7(13)10-8(14)9(15)11(16)17-10/h6-7,10,12-15H,2-5H2,1H3/t6?,7-,10+/m0/s1. The van der Waals surface area contributed by atoms with Crippen molar-refractivity contribution in [2.24, 2.45) is 0 Å². The molecule has 4 N–H and O–H groups in total. The first-order chi connectivity index (χ1) is 7.99. The molecule has 98 valence electrons. The minimum absolute atomic E-state index is 0.344. The summed E-state index contributed by atoms with van der Waals surface area (Å²) in [5, 5.41) is 37.7. The number of carbonyl (C=O) groups excluding carboxylic acids is 1. The number of rotatable bonds is 6. The third-order valence-corrected chi connectivity index (χ3v) is 2.75. The van der Waals surface area contributed by atoms with Gasteiger partial charge in [0.25, 0.3) is 0 Å². The van der Waals surface area contributed by atoms with E-state index in [1.165, 1.54) is 0 Å². The second kappa shape index (κ2) is 5.88. The van der Waals surface area contributed by atoms with Gasteiger partial charge in [0.15, 0.2) is 11.9 Å². The van der Waals surface area contributed by atoms with Crippen LogP contribution in [0.15, 0.2) is 11.5 Å². The van der Waals surface area contributed by atoms with E-state index in [1.54, 1.807) is 0 Å². The summed E-state index contributed by atoms with van der Waals surface area (Å²) in [4.78, 5) is 10.9. The maximum Gasteiger partial charge on any atom is 0.377 e. The number of aliphatic hydroxyl groups excluding tert-OH is 4. The Morgan fingerprint density at radius 3 is 2.41 bits per heavy atom. The second-order valence-corrected chi connectivity index (χ2v) is 4.11. The van der Waals surface area contributed by atoms with Crippen molar-refractivity contribution >= 4 is 5.97 Å². The lowest BCUT2D eigenvalue weighted by Gasteiger charge is -2.22. The average molecular weight is 246 g/mol. The zero-order valence-corrected chi connectivity index (χ0v) is 9.67. The number of unbranched alkanes of at least 4 members (excludes halogenated alkanes) is 2. The van der Waals surface area contributed by atoms with E-state index >= 15 is 0 Å². The van der Waals surface area contributed by atoms with Gasteiger partial charge in [0.05, 0.1) is 6.10 Å². The highest BCUT2D eigenvalue weighted by molar-refractivity contribution is 5.89. The maximum atomic E-state index is 10.9. The van der Waals surface area contributed by atoms with Gasteiger partial charge in [-0.15, -0.1) is 0 Å². The third-order valence-electron chi connectivity index (χ3n) is 2.75. The molecule has 0 bridgehead atoms. The molecule has 0 saturated carbocycles. The van der Waals surface area contributed by atoms with Crippen LogP contribution in [-0.4, -0.2) is 44.7 Å². The Morgan fingerprint density at radius 1 is 1.29 bits per heavy atom. The lowest BCUT2D eigenvalue weighted by molar-refractivity contribution is -0.150. The first kappa shape index (κ1) is 13.8. The normalized spacial score (nSPS) is 23.7. The van der Waals surface area contributed by atoms with Gasteiger partial charge in [0.2, 0.25) is 5.76 Å². The van der Waals surface area contributed by atoms with Gasteiger partial charge in [-0.3, -0.25) is 0 Å². The summed E-state index contributed by atoms with van der Waals surface area (Å²) < 4.78 is 4.55. The minimum Gasteiger partial charge on any atom is -0.505 e. The largest absolute Gasteiger partial charge is 0.505 e. The van der Waals surface area contributed by atoms with Crippen molar-refractivity contribution in [3.63, 3.8) is 0 Å². The molecule has 1 rings (SSSR count). The van der Waals surface area contributed by atoms with Crippen molar-refractivity contribution in [3.8, 4) is 0 Å². The molecular weight excluding hydrogens is 228 g/mol. The Bertz CT molecular complexity index is 311. The van der Waals surface area contributed by atoms with E-state index in [0.29, 0.717) is 6.42 Å². The molecule has 0 aromatic rings. The van der Waals surface area contributed by atoms with Crippen molar-refractivity contribution in [1.29, 1.82) is 0 Å². The fourth-order valence-electron chi connectivity index (χ4n) is 1.67. The number of carbonyl (C=O) groups is 1. The summed E-state index contributed by atoms with van der Waals surface area (Å²) in [7, 11) is 0. The summed E-state index contributed by atoms with van der Waals surface area (Å²) in [5.41, 5.74) is 0. The summed E-state index contributed by atoms with van der Waals surface area (Å²) in [6.07, 6.45) is -0.941. The highest BCUT2D eigenvalue weighted by Crippen LogP contribution is 2.24. The van der Waals surface area contributed by atoms with Crippen LogP contribution in [0.3, 0.4) is 0 Å². The van der Waals surface area contributed by atoms with E-state index < -0.39 is 35.8 Å². The van der Waals surface area contributed by atoms with Gasteiger partial charge < -0.3 is 25.2 Å². The SMILES string of the molecule is CCCCCC(O)[C@H](O)[C@H]1OC(=O)C(O)=C1O. The number of hydrogen-bond acceptors (Lipinski definition) is 6. The Kier molecular flexibility index (Phi) is 4.77. The van der Waals surface area contributed by atoms with Crippen LogP contribution in [0.5, 0.6) is 0 Å². The zero-order valence-electron chi connectivity index (χ0n) is 9.67.